The molecule has 0 unspecified atom stereocenters. The standard InChI is InChI=1S/C21H27FO4/c1-11-8-15-14-5-4-12-9-13(23)6-7-20(12,3)21(14,22)16(24)10-19(15,2)17(11)18(25)26/h6-7,9,11,14-17,24H,4-5,8,10H2,1-3H3,(H,25,26)/t11-,14+,15+,16+,17-,19+,20+,21+/m1/s1. The van der Waals surface area contributed by atoms with Crippen molar-refractivity contribution in [3.05, 3.63) is 23.8 Å². The average Bonchev–Trinajstić information content (AvgIpc) is 2.80. The van der Waals surface area contributed by atoms with E-state index in [1.165, 1.54) is 12.2 Å². The van der Waals surface area contributed by atoms with E-state index in [0.29, 0.717) is 19.3 Å². The number of carbonyl (C=O) groups is 2. The van der Waals surface area contributed by atoms with Gasteiger partial charge in [-0.15, -0.1) is 0 Å². The predicted octanol–water partition coefficient (Wildman–Crippen LogP) is 3.30. The highest BCUT2D eigenvalue weighted by molar-refractivity contribution is 6.01. The first kappa shape index (κ1) is 17.9. The van der Waals surface area contributed by atoms with Crippen molar-refractivity contribution >= 4 is 11.8 Å². The Hall–Kier alpha value is -1.49. The van der Waals surface area contributed by atoms with Crippen LogP contribution in [-0.4, -0.2) is 33.7 Å². The number of aliphatic hydroxyl groups excluding tert-OH is 1. The third-order valence-electron chi connectivity index (χ3n) is 8.25. The highest BCUT2D eigenvalue weighted by atomic mass is 19.1. The number of ketones is 1. The summed E-state index contributed by atoms with van der Waals surface area (Å²) in [6.45, 7) is 5.65. The fraction of sp³-hybridized carbons (Fsp3) is 0.714. The fourth-order valence-corrected chi connectivity index (χ4v) is 7.10. The van der Waals surface area contributed by atoms with E-state index in [1.54, 1.807) is 13.0 Å². The molecule has 0 radical (unpaired) electrons. The van der Waals surface area contributed by atoms with E-state index in [0.717, 1.165) is 5.57 Å². The topological polar surface area (TPSA) is 74.6 Å². The van der Waals surface area contributed by atoms with E-state index in [9.17, 15) is 19.8 Å². The first-order valence-electron chi connectivity index (χ1n) is 9.59. The van der Waals surface area contributed by atoms with E-state index in [1.807, 2.05) is 13.8 Å². The van der Waals surface area contributed by atoms with Gasteiger partial charge in [-0.25, -0.2) is 4.39 Å². The number of fused-ring (bicyclic) bond motifs is 5. The Kier molecular flexibility index (Phi) is 3.63. The summed E-state index contributed by atoms with van der Waals surface area (Å²) in [5.41, 5.74) is -2.72. The van der Waals surface area contributed by atoms with Crippen LogP contribution >= 0.6 is 0 Å². The van der Waals surface area contributed by atoms with Crippen LogP contribution < -0.4 is 0 Å². The van der Waals surface area contributed by atoms with Gasteiger partial charge in [0.2, 0.25) is 0 Å². The second-order valence-corrected chi connectivity index (χ2v) is 9.38. The molecule has 3 saturated carbocycles. The molecule has 0 bridgehead atoms. The number of carbonyl (C=O) groups excluding carboxylic acids is 1. The van der Waals surface area contributed by atoms with Crippen molar-refractivity contribution in [2.24, 2.45) is 34.5 Å². The first-order chi connectivity index (χ1) is 12.1. The summed E-state index contributed by atoms with van der Waals surface area (Å²) >= 11 is 0. The predicted molar refractivity (Wildman–Crippen MR) is 94.0 cm³/mol. The Morgan fingerprint density at radius 3 is 2.65 bits per heavy atom. The lowest BCUT2D eigenvalue weighted by molar-refractivity contribution is -0.198. The number of allylic oxidation sites excluding steroid dienone is 4. The molecule has 4 nitrogen and oxygen atoms in total. The van der Waals surface area contributed by atoms with Crippen molar-refractivity contribution in [1.82, 2.24) is 0 Å². The largest absolute Gasteiger partial charge is 0.481 e. The van der Waals surface area contributed by atoms with Crippen molar-refractivity contribution in [2.75, 3.05) is 0 Å². The molecule has 0 heterocycles. The van der Waals surface area contributed by atoms with Crippen molar-refractivity contribution in [1.29, 1.82) is 0 Å². The van der Waals surface area contributed by atoms with Gasteiger partial charge in [-0.05, 0) is 62.0 Å². The van der Waals surface area contributed by atoms with Gasteiger partial charge in [0.25, 0.3) is 0 Å². The average molecular weight is 362 g/mol. The number of carboxylic acid groups (broad SMARTS) is 1. The highest BCUT2D eigenvalue weighted by Gasteiger charge is 2.71. The third-order valence-corrected chi connectivity index (χ3v) is 8.25. The number of rotatable bonds is 1. The number of halogens is 1. The minimum Gasteiger partial charge on any atom is -0.481 e. The maximum atomic E-state index is 16.7. The van der Waals surface area contributed by atoms with E-state index in [-0.39, 0.29) is 24.0 Å². The summed E-state index contributed by atoms with van der Waals surface area (Å²) < 4.78 is 16.7. The van der Waals surface area contributed by atoms with Gasteiger partial charge in [-0.1, -0.05) is 25.5 Å². The van der Waals surface area contributed by atoms with Crippen LogP contribution in [0.2, 0.25) is 0 Å². The van der Waals surface area contributed by atoms with Crippen molar-refractivity contribution in [3.63, 3.8) is 0 Å². The molecule has 0 aromatic heterocycles. The van der Waals surface area contributed by atoms with Crippen LogP contribution in [0.5, 0.6) is 0 Å². The lowest BCUT2D eigenvalue weighted by Gasteiger charge is -2.61. The Labute approximate surface area is 153 Å². The minimum absolute atomic E-state index is 0.0368. The van der Waals surface area contributed by atoms with Crippen molar-refractivity contribution in [2.45, 2.75) is 58.2 Å². The molecule has 0 spiro atoms. The summed E-state index contributed by atoms with van der Waals surface area (Å²) in [5, 5.41) is 20.8. The van der Waals surface area contributed by atoms with Crippen LogP contribution in [0.15, 0.2) is 23.8 Å². The molecule has 0 aromatic rings. The lowest BCUT2D eigenvalue weighted by Crippen LogP contribution is -2.66. The summed E-state index contributed by atoms with van der Waals surface area (Å²) in [5.74, 6) is -2.04. The van der Waals surface area contributed by atoms with E-state index in [2.05, 4.69) is 0 Å². The Balaban J connectivity index is 1.82. The van der Waals surface area contributed by atoms with Crippen LogP contribution in [0.1, 0.15) is 46.5 Å². The van der Waals surface area contributed by atoms with Crippen molar-refractivity contribution < 1.29 is 24.2 Å². The van der Waals surface area contributed by atoms with Crippen LogP contribution in [-0.2, 0) is 9.59 Å². The highest BCUT2D eigenvalue weighted by Crippen LogP contribution is 2.69. The quantitative estimate of drug-likeness (QED) is 0.750. The summed E-state index contributed by atoms with van der Waals surface area (Å²) in [7, 11) is 0. The van der Waals surface area contributed by atoms with Crippen LogP contribution in [0, 0.1) is 34.5 Å². The molecule has 0 aromatic carbocycles. The SMILES string of the molecule is C[C@@H]1C[C@H]2[C@@H]3CCC4=CC(=O)C=C[C@]4(C)[C@@]3(F)[C@@H](O)C[C@]2(C)[C@H]1C(=O)O. The third kappa shape index (κ3) is 1.93. The van der Waals surface area contributed by atoms with Gasteiger partial charge in [0.1, 0.15) is 0 Å². The van der Waals surface area contributed by atoms with E-state index >= 15 is 4.39 Å². The number of aliphatic hydroxyl groups is 1. The smallest absolute Gasteiger partial charge is 0.307 e. The molecular weight excluding hydrogens is 335 g/mol. The Morgan fingerprint density at radius 1 is 1.31 bits per heavy atom. The van der Waals surface area contributed by atoms with Crippen LogP contribution in [0.25, 0.3) is 0 Å². The number of carboxylic acids is 1. The molecule has 26 heavy (non-hydrogen) atoms. The molecular formula is C21H27FO4. The molecule has 0 amide bonds. The monoisotopic (exact) mass is 362 g/mol. The van der Waals surface area contributed by atoms with Crippen molar-refractivity contribution in [3.8, 4) is 0 Å². The number of hydrogen-bond donors (Lipinski definition) is 2. The van der Waals surface area contributed by atoms with E-state index in [4.69, 9.17) is 0 Å². The zero-order chi connectivity index (χ0) is 19.1. The zero-order valence-corrected chi connectivity index (χ0v) is 15.5. The maximum Gasteiger partial charge on any atom is 0.307 e. The minimum atomic E-state index is -1.87. The maximum absolute atomic E-state index is 16.7. The summed E-state index contributed by atoms with van der Waals surface area (Å²) in [6.07, 6.45) is 5.32. The van der Waals surface area contributed by atoms with Gasteiger partial charge in [0.15, 0.2) is 11.5 Å². The Bertz CT molecular complexity index is 742. The number of hydrogen-bond acceptors (Lipinski definition) is 3. The molecule has 0 saturated heterocycles. The normalized spacial score (nSPS) is 52.7. The van der Waals surface area contributed by atoms with Gasteiger partial charge in [0, 0.05) is 11.3 Å². The van der Waals surface area contributed by atoms with E-state index < -0.39 is 40.4 Å². The van der Waals surface area contributed by atoms with Gasteiger partial charge >= 0.3 is 5.97 Å². The molecule has 2 N–H and O–H groups in total. The molecule has 4 rings (SSSR count). The Morgan fingerprint density at radius 2 is 2.00 bits per heavy atom. The molecule has 3 fully saturated rings. The van der Waals surface area contributed by atoms with Gasteiger partial charge in [-0.3, -0.25) is 9.59 Å². The van der Waals surface area contributed by atoms with Crippen LogP contribution in [0.4, 0.5) is 4.39 Å². The molecule has 4 aliphatic carbocycles. The number of alkyl halides is 1. The second kappa shape index (κ2) is 5.28. The van der Waals surface area contributed by atoms with Crippen LogP contribution in [0.3, 0.4) is 0 Å². The number of aliphatic carboxylic acids is 1. The fourth-order valence-electron chi connectivity index (χ4n) is 7.10. The summed E-state index contributed by atoms with van der Waals surface area (Å²) in [4.78, 5) is 23.7. The first-order valence-corrected chi connectivity index (χ1v) is 9.59. The van der Waals surface area contributed by atoms with Gasteiger partial charge in [-0.2, -0.15) is 0 Å². The molecule has 4 aliphatic rings. The zero-order valence-electron chi connectivity index (χ0n) is 15.5. The molecule has 8 atom stereocenters. The molecule has 142 valence electrons. The second-order valence-electron chi connectivity index (χ2n) is 9.38. The molecule has 5 heteroatoms. The summed E-state index contributed by atoms with van der Waals surface area (Å²) in [6, 6.07) is 0. The van der Waals surface area contributed by atoms with Gasteiger partial charge < -0.3 is 10.2 Å². The van der Waals surface area contributed by atoms with Gasteiger partial charge in [0.05, 0.1) is 12.0 Å². The lowest BCUT2D eigenvalue weighted by atomic mass is 9.45. The molecule has 0 aliphatic heterocycles.